The predicted molar refractivity (Wildman–Crippen MR) is 145 cm³/mol. The number of aromatic hydroxyl groups is 1. The highest BCUT2D eigenvalue weighted by molar-refractivity contribution is 5.98. The molecule has 36 heavy (non-hydrogen) atoms. The highest BCUT2D eigenvalue weighted by atomic mass is 16.5. The van der Waals surface area contributed by atoms with Gasteiger partial charge in [-0.25, -0.2) is 4.79 Å². The van der Waals surface area contributed by atoms with Crippen LogP contribution in [0.1, 0.15) is 124 Å². The van der Waals surface area contributed by atoms with E-state index in [9.17, 15) is 14.7 Å². The van der Waals surface area contributed by atoms with Gasteiger partial charge in [0.2, 0.25) is 0 Å². The summed E-state index contributed by atoms with van der Waals surface area (Å²) in [6.45, 7) is 4.42. The molecule has 0 saturated carbocycles. The molecule has 1 aliphatic rings. The quantitative estimate of drug-likeness (QED) is 0.143. The average molecular weight is 494 g/mol. The van der Waals surface area contributed by atoms with Crippen molar-refractivity contribution in [3.05, 3.63) is 58.7 Å². The van der Waals surface area contributed by atoms with Crippen molar-refractivity contribution in [1.29, 1.82) is 0 Å². The normalized spacial score (nSPS) is 14.5. The summed E-state index contributed by atoms with van der Waals surface area (Å²) in [5.41, 5.74) is 2.71. The topological polar surface area (TPSA) is 75.6 Å². The molecule has 0 saturated heterocycles. The number of phenolic OH excluding ortho intramolecular Hbond substituents is 1. The SMILES string of the molecule is CCCCCCCCc1cc2c(c(CCCCCCCC)c1O)C(NC(=O)c1ccccc1)C(=O)O2. The van der Waals surface area contributed by atoms with E-state index in [0.29, 0.717) is 23.3 Å². The Kier molecular flexibility index (Phi) is 11.3. The number of hydrogen-bond acceptors (Lipinski definition) is 4. The van der Waals surface area contributed by atoms with E-state index in [1.54, 1.807) is 24.3 Å². The standard InChI is InChI=1S/C31H43NO4/c1-3-5-7-9-11-14-20-24-22-26-27(25(29(24)33)21-17-12-10-8-6-4-2)28(31(35)36-26)32-30(34)23-18-15-13-16-19-23/h13,15-16,18-19,22,28,33H,3-12,14,17,20-21H2,1-2H3,(H,32,34). The second-order valence-corrected chi connectivity index (χ2v) is 10.0. The number of carbonyl (C=O) groups excluding carboxylic acids is 2. The summed E-state index contributed by atoms with van der Waals surface area (Å²) in [7, 11) is 0. The predicted octanol–water partition coefficient (Wildman–Crippen LogP) is 7.59. The van der Waals surface area contributed by atoms with Gasteiger partial charge < -0.3 is 15.2 Å². The molecular weight excluding hydrogens is 450 g/mol. The van der Waals surface area contributed by atoms with Crippen molar-refractivity contribution in [2.24, 2.45) is 0 Å². The molecule has 5 heteroatoms. The maximum absolute atomic E-state index is 12.9. The molecule has 0 bridgehead atoms. The number of aryl methyl sites for hydroxylation is 1. The van der Waals surface area contributed by atoms with Crippen molar-refractivity contribution in [3.63, 3.8) is 0 Å². The van der Waals surface area contributed by atoms with Crippen LogP contribution in [-0.2, 0) is 17.6 Å². The van der Waals surface area contributed by atoms with Gasteiger partial charge in [0.25, 0.3) is 5.91 Å². The van der Waals surface area contributed by atoms with Crippen molar-refractivity contribution in [1.82, 2.24) is 5.32 Å². The summed E-state index contributed by atoms with van der Waals surface area (Å²) in [6.07, 6.45) is 15.3. The van der Waals surface area contributed by atoms with E-state index >= 15 is 0 Å². The van der Waals surface area contributed by atoms with Crippen LogP contribution in [0.3, 0.4) is 0 Å². The summed E-state index contributed by atoms with van der Waals surface area (Å²) in [4.78, 5) is 25.7. The molecule has 0 aromatic heterocycles. The first-order valence-electron chi connectivity index (χ1n) is 14.0. The lowest BCUT2D eigenvalue weighted by Gasteiger charge is -2.18. The summed E-state index contributed by atoms with van der Waals surface area (Å²) in [5, 5.41) is 14.2. The zero-order valence-corrected chi connectivity index (χ0v) is 22.1. The van der Waals surface area contributed by atoms with Gasteiger partial charge in [-0.15, -0.1) is 0 Å². The number of esters is 1. The molecule has 196 valence electrons. The van der Waals surface area contributed by atoms with Crippen molar-refractivity contribution in [3.8, 4) is 11.5 Å². The molecule has 2 N–H and O–H groups in total. The van der Waals surface area contributed by atoms with Crippen molar-refractivity contribution < 1.29 is 19.4 Å². The highest BCUT2D eigenvalue weighted by Gasteiger charge is 2.38. The minimum atomic E-state index is -0.906. The third kappa shape index (κ3) is 7.59. The lowest BCUT2D eigenvalue weighted by molar-refractivity contribution is -0.134. The smallest absolute Gasteiger partial charge is 0.338 e. The monoisotopic (exact) mass is 493 g/mol. The molecule has 1 amide bonds. The number of benzene rings is 2. The molecule has 5 nitrogen and oxygen atoms in total. The van der Waals surface area contributed by atoms with E-state index in [1.165, 1.54) is 44.9 Å². The number of ether oxygens (including phenoxy) is 1. The fourth-order valence-electron chi connectivity index (χ4n) is 5.02. The van der Waals surface area contributed by atoms with Gasteiger partial charge in [-0.05, 0) is 49.4 Å². The fraction of sp³-hybridized carbons (Fsp3) is 0.548. The molecule has 1 atom stereocenters. The molecule has 0 spiro atoms. The summed E-state index contributed by atoms with van der Waals surface area (Å²) < 4.78 is 5.65. The average Bonchev–Trinajstić information content (AvgIpc) is 3.19. The van der Waals surface area contributed by atoms with Gasteiger partial charge in [-0.3, -0.25) is 4.79 Å². The first-order valence-corrected chi connectivity index (χ1v) is 14.0. The van der Waals surface area contributed by atoms with E-state index in [0.717, 1.165) is 49.7 Å². The Morgan fingerprint density at radius 3 is 2.08 bits per heavy atom. The number of hydrogen-bond donors (Lipinski definition) is 2. The van der Waals surface area contributed by atoms with Crippen LogP contribution in [0.5, 0.6) is 11.5 Å². The lowest BCUT2D eigenvalue weighted by Crippen LogP contribution is -2.33. The number of phenols is 1. The number of unbranched alkanes of at least 4 members (excludes halogenated alkanes) is 10. The number of rotatable bonds is 16. The Hall–Kier alpha value is -2.82. The highest BCUT2D eigenvalue weighted by Crippen LogP contribution is 2.43. The van der Waals surface area contributed by atoms with Gasteiger partial charge in [-0.2, -0.15) is 0 Å². The van der Waals surface area contributed by atoms with Crippen LogP contribution in [0.25, 0.3) is 0 Å². The molecule has 0 fully saturated rings. The second-order valence-electron chi connectivity index (χ2n) is 10.0. The summed E-state index contributed by atoms with van der Waals surface area (Å²) in [5.74, 6) is -0.0626. The molecule has 1 unspecified atom stereocenters. The van der Waals surface area contributed by atoms with Gasteiger partial charge in [0, 0.05) is 16.7 Å². The lowest BCUT2D eigenvalue weighted by atomic mass is 9.91. The zero-order valence-electron chi connectivity index (χ0n) is 22.1. The van der Waals surface area contributed by atoms with Crippen molar-refractivity contribution >= 4 is 11.9 Å². The Bertz CT molecular complexity index is 986. The van der Waals surface area contributed by atoms with Crippen LogP contribution in [0, 0.1) is 0 Å². The van der Waals surface area contributed by atoms with Crippen LogP contribution in [0.4, 0.5) is 0 Å². The molecule has 0 aliphatic carbocycles. The Labute approximate surface area is 216 Å². The maximum atomic E-state index is 12.9. The Balaban J connectivity index is 1.79. The third-order valence-corrected chi connectivity index (χ3v) is 7.11. The number of amides is 1. The Morgan fingerprint density at radius 1 is 0.861 bits per heavy atom. The van der Waals surface area contributed by atoms with Crippen LogP contribution < -0.4 is 10.1 Å². The molecule has 2 aromatic carbocycles. The molecule has 1 aliphatic heterocycles. The van der Waals surface area contributed by atoms with Gasteiger partial charge in [0.05, 0.1) is 0 Å². The summed E-state index contributed by atoms with van der Waals surface area (Å²) in [6, 6.07) is 9.77. The van der Waals surface area contributed by atoms with E-state index in [-0.39, 0.29) is 11.7 Å². The van der Waals surface area contributed by atoms with Gasteiger partial charge >= 0.3 is 5.97 Å². The fourth-order valence-corrected chi connectivity index (χ4v) is 5.02. The van der Waals surface area contributed by atoms with Crippen LogP contribution in [0.15, 0.2) is 36.4 Å². The van der Waals surface area contributed by atoms with E-state index < -0.39 is 12.0 Å². The maximum Gasteiger partial charge on any atom is 0.338 e. The first kappa shape index (κ1) is 27.8. The molecule has 3 rings (SSSR count). The third-order valence-electron chi connectivity index (χ3n) is 7.11. The largest absolute Gasteiger partial charge is 0.507 e. The first-order chi connectivity index (χ1) is 17.6. The van der Waals surface area contributed by atoms with Crippen LogP contribution in [-0.4, -0.2) is 17.0 Å². The van der Waals surface area contributed by atoms with E-state index in [1.807, 2.05) is 12.1 Å². The van der Waals surface area contributed by atoms with Gasteiger partial charge in [0.15, 0.2) is 6.04 Å². The van der Waals surface area contributed by atoms with Crippen molar-refractivity contribution in [2.45, 2.75) is 110 Å². The van der Waals surface area contributed by atoms with Crippen molar-refractivity contribution in [2.75, 3.05) is 0 Å². The summed E-state index contributed by atoms with van der Waals surface area (Å²) >= 11 is 0. The molecule has 1 heterocycles. The molecular formula is C31H43NO4. The van der Waals surface area contributed by atoms with Gasteiger partial charge in [0.1, 0.15) is 11.5 Å². The second kappa shape index (κ2) is 14.7. The molecule has 2 aromatic rings. The number of nitrogens with one attached hydrogen (secondary N) is 1. The van der Waals surface area contributed by atoms with Gasteiger partial charge in [-0.1, -0.05) is 96.3 Å². The van der Waals surface area contributed by atoms with E-state index in [4.69, 9.17) is 4.74 Å². The van der Waals surface area contributed by atoms with E-state index in [2.05, 4.69) is 19.2 Å². The Morgan fingerprint density at radius 2 is 1.44 bits per heavy atom. The zero-order chi connectivity index (χ0) is 25.8. The van der Waals surface area contributed by atoms with Crippen LogP contribution in [0.2, 0.25) is 0 Å². The number of carbonyl (C=O) groups is 2. The number of fused-ring (bicyclic) bond motifs is 1. The molecule has 0 radical (unpaired) electrons. The van der Waals surface area contributed by atoms with Crippen LogP contribution >= 0.6 is 0 Å². The minimum absolute atomic E-state index is 0.271. The minimum Gasteiger partial charge on any atom is -0.507 e.